The maximum atomic E-state index is 13.3. The van der Waals surface area contributed by atoms with Gasteiger partial charge in [-0.3, -0.25) is 9.97 Å². The highest BCUT2D eigenvalue weighted by Crippen LogP contribution is 2.22. The van der Waals surface area contributed by atoms with Crippen molar-refractivity contribution in [2.24, 2.45) is 0 Å². The highest BCUT2D eigenvalue weighted by Gasteiger charge is 2.10. The minimum atomic E-state index is -0.409. The van der Waals surface area contributed by atoms with Crippen LogP contribution in [-0.4, -0.2) is 27.6 Å². The number of aromatic nitrogens is 3. The van der Waals surface area contributed by atoms with E-state index in [0.29, 0.717) is 17.0 Å². The molecule has 0 amide bonds. The molecule has 0 radical (unpaired) electrons. The van der Waals surface area contributed by atoms with Crippen molar-refractivity contribution in [3.63, 3.8) is 0 Å². The normalized spacial score (nSPS) is 10.9. The van der Waals surface area contributed by atoms with Crippen molar-refractivity contribution in [3.05, 3.63) is 84.1 Å². The second-order valence-electron chi connectivity index (χ2n) is 6.44. The van der Waals surface area contributed by atoms with Gasteiger partial charge < -0.3 is 9.30 Å². The third-order valence-electron chi connectivity index (χ3n) is 4.63. The Balaban J connectivity index is 1.59. The minimum Gasteiger partial charge on any atom is -0.465 e. The van der Waals surface area contributed by atoms with Crippen LogP contribution in [0.2, 0.25) is 0 Å². The van der Waals surface area contributed by atoms with Gasteiger partial charge in [0, 0.05) is 24.3 Å². The van der Waals surface area contributed by atoms with Crippen molar-refractivity contribution in [2.45, 2.75) is 13.0 Å². The number of rotatable bonds is 5. The number of ether oxygens (including phenoxy) is 1. The summed E-state index contributed by atoms with van der Waals surface area (Å²) in [6, 6.07) is 13.9. The number of hydrogen-bond acceptors (Lipinski definition) is 4. The van der Waals surface area contributed by atoms with Crippen LogP contribution in [0.5, 0.6) is 0 Å². The van der Waals surface area contributed by atoms with Crippen molar-refractivity contribution in [2.75, 3.05) is 7.11 Å². The molecule has 0 unspecified atom stereocenters. The first kappa shape index (κ1) is 17.9. The molecule has 0 saturated heterocycles. The summed E-state index contributed by atoms with van der Waals surface area (Å²) in [5.41, 5.74) is 3.67. The molecule has 0 atom stereocenters. The Hall–Kier alpha value is -3.54. The molecule has 4 rings (SSSR count). The molecule has 5 nitrogen and oxygen atoms in total. The van der Waals surface area contributed by atoms with Gasteiger partial charge in [0.15, 0.2) is 0 Å². The first-order chi connectivity index (χ1) is 13.6. The Bertz CT molecular complexity index is 1150. The highest BCUT2D eigenvalue weighted by molar-refractivity contribution is 5.90. The lowest BCUT2D eigenvalue weighted by atomic mass is 10.1. The molecule has 0 fully saturated rings. The predicted octanol–water partition coefficient (Wildman–Crippen LogP) is 4.27. The Morgan fingerprint density at radius 1 is 1.11 bits per heavy atom. The van der Waals surface area contributed by atoms with Gasteiger partial charge in [-0.1, -0.05) is 12.1 Å². The summed E-state index contributed by atoms with van der Waals surface area (Å²) in [7, 11) is 1.35. The fourth-order valence-electron chi connectivity index (χ4n) is 3.18. The molecule has 6 heteroatoms. The van der Waals surface area contributed by atoms with Crippen LogP contribution in [0.3, 0.4) is 0 Å². The zero-order valence-corrected chi connectivity index (χ0v) is 15.3. The minimum absolute atomic E-state index is 0.220. The number of nitrogens with zero attached hydrogens (tertiary/aromatic N) is 3. The summed E-state index contributed by atoms with van der Waals surface area (Å²) in [6.45, 7) is 0.726. The number of carbonyl (C=O) groups excluding carboxylic acids is 1. The number of pyridine rings is 2. The molecular formula is C22H18FN3O2. The van der Waals surface area contributed by atoms with E-state index in [9.17, 15) is 9.18 Å². The number of methoxy groups -OCH3 is 1. The lowest BCUT2D eigenvalue weighted by Gasteiger charge is -2.07. The molecule has 0 aliphatic carbocycles. The van der Waals surface area contributed by atoms with E-state index >= 15 is 0 Å². The van der Waals surface area contributed by atoms with Gasteiger partial charge in [0.05, 0.1) is 35.8 Å². The average Bonchev–Trinajstić information content (AvgIpc) is 3.14. The molecule has 0 aliphatic heterocycles. The third-order valence-corrected chi connectivity index (χ3v) is 4.63. The van der Waals surface area contributed by atoms with Crippen molar-refractivity contribution in [1.82, 2.24) is 14.5 Å². The van der Waals surface area contributed by atoms with E-state index in [0.717, 1.165) is 29.4 Å². The fourth-order valence-corrected chi connectivity index (χ4v) is 3.18. The van der Waals surface area contributed by atoms with Crippen molar-refractivity contribution >= 4 is 16.9 Å². The maximum Gasteiger partial charge on any atom is 0.337 e. The largest absolute Gasteiger partial charge is 0.465 e. The Kier molecular flexibility index (Phi) is 4.85. The van der Waals surface area contributed by atoms with Crippen LogP contribution >= 0.6 is 0 Å². The second-order valence-corrected chi connectivity index (χ2v) is 6.44. The van der Waals surface area contributed by atoms with E-state index in [1.807, 2.05) is 24.4 Å². The second kappa shape index (κ2) is 7.60. The van der Waals surface area contributed by atoms with E-state index in [-0.39, 0.29) is 5.82 Å². The van der Waals surface area contributed by atoms with Gasteiger partial charge in [-0.05, 0) is 48.4 Å². The molecule has 3 aromatic heterocycles. The Labute approximate surface area is 161 Å². The van der Waals surface area contributed by atoms with Gasteiger partial charge >= 0.3 is 5.97 Å². The van der Waals surface area contributed by atoms with E-state index in [1.54, 1.807) is 36.7 Å². The van der Waals surface area contributed by atoms with Crippen LogP contribution in [-0.2, 0) is 17.7 Å². The first-order valence-electron chi connectivity index (χ1n) is 8.88. The summed E-state index contributed by atoms with van der Waals surface area (Å²) >= 11 is 0. The lowest BCUT2D eigenvalue weighted by molar-refractivity contribution is 0.0600. The summed E-state index contributed by atoms with van der Waals surface area (Å²) in [4.78, 5) is 20.5. The van der Waals surface area contributed by atoms with Gasteiger partial charge in [-0.15, -0.1) is 0 Å². The predicted molar refractivity (Wildman–Crippen MR) is 104 cm³/mol. The fraction of sp³-hybridized carbons (Fsp3) is 0.136. The molecule has 28 heavy (non-hydrogen) atoms. The van der Waals surface area contributed by atoms with Gasteiger partial charge in [-0.25, -0.2) is 9.18 Å². The van der Waals surface area contributed by atoms with E-state index < -0.39 is 5.97 Å². The zero-order valence-electron chi connectivity index (χ0n) is 15.3. The summed E-state index contributed by atoms with van der Waals surface area (Å²) in [5.74, 6) is -0.629. The van der Waals surface area contributed by atoms with Gasteiger partial charge in [-0.2, -0.15) is 0 Å². The van der Waals surface area contributed by atoms with Crippen LogP contribution in [0.15, 0.2) is 67.1 Å². The first-order valence-corrected chi connectivity index (χ1v) is 8.88. The average molecular weight is 375 g/mol. The molecule has 4 aromatic rings. The smallest absolute Gasteiger partial charge is 0.337 e. The summed E-state index contributed by atoms with van der Waals surface area (Å²) < 4.78 is 20.2. The van der Waals surface area contributed by atoms with Crippen LogP contribution in [0.4, 0.5) is 4.39 Å². The number of benzene rings is 1. The Morgan fingerprint density at radius 2 is 1.96 bits per heavy atom. The molecule has 140 valence electrons. The van der Waals surface area contributed by atoms with Gasteiger partial charge in [0.1, 0.15) is 5.82 Å². The number of aryl methyl sites for hydroxylation is 2. The van der Waals surface area contributed by atoms with Gasteiger partial charge in [0.2, 0.25) is 0 Å². The number of halogens is 1. The number of carbonyl (C=O) groups is 1. The molecule has 0 spiro atoms. The summed E-state index contributed by atoms with van der Waals surface area (Å²) in [6.07, 6.45) is 6.08. The topological polar surface area (TPSA) is 57.0 Å². The Morgan fingerprint density at radius 3 is 2.79 bits per heavy atom. The number of esters is 1. The lowest BCUT2D eigenvalue weighted by Crippen LogP contribution is -2.02. The summed E-state index contributed by atoms with van der Waals surface area (Å²) in [5, 5.41) is 1.02. The van der Waals surface area contributed by atoms with Crippen molar-refractivity contribution in [3.8, 4) is 11.4 Å². The van der Waals surface area contributed by atoms with Crippen molar-refractivity contribution in [1.29, 1.82) is 0 Å². The standard InChI is InChI=1S/C22H18FN3O2/c1-28-22(27)17-5-8-24-19(13-17)20-12-16-7-10-26(21(16)14-25-20)9-6-15-3-2-4-18(23)11-15/h2-5,7-8,10-14H,6,9H2,1H3. The number of hydrogen-bond donors (Lipinski definition) is 0. The molecule has 3 heterocycles. The third kappa shape index (κ3) is 3.62. The SMILES string of the molecule is COC(=O)c1ccnc(-c2cc3ccn(CCc4cccc(F)c4)c3cn2)c1. The van der Waals surface area contributed by atoms with Crippen LogP contribution < -0.4 is 0 Å². The monoisotopic (exact) mass is 375 g/mol. The zero-order chi connectivity index (χ0) is 19.5. The molecule has 0 bridgehead atoms. The maximum absolute atomic E-state index is 13.3. The molecule has 0 N–H and O–H groups in total. The van der Waals surface area contributed by atoms with Crippen LogP contribution in [0, 0.1) is 5.82 Å². The molecule has 1 aromatic carbocycles. The van der Waals surface area contributed by atoms with E-state index in [1.165, 1.54) is 13.2 Å². The van der Waals surface area contributed by atoms with Crippen molar-refractivity contribution < 1.29 is 13.9 Å². The van der Waals surface area contributed by atoms with Crippen LogP contribution in [0.1, 0.15) is 15.9 Å². The number of fused-ring (bicyclic) bond motifs is 1. The molecule has 0 saturated carbocycles. The molecule has 0 aliphatic rings. The van der Waals surface area contributed by atoms with E-state index in [4.69, 9.17) is 4.74 Å². The quantitative estimate of drug-likeness (QED) is 0.489. The highest BCUT2D eigenvalue weighted by atomic mass is 19.1. The van der Waals surface area contributed by atoms with Crippen LogP contribution in [0.25, 0.3) is 22.3 Å². The molecular weight excluding hydrogens is 357 g/mol. The van der Waals surface area contributed by atoms with E-state index in [2.05, 4.69) is 14.5 Å². The van der Waals surface area contributed by atoms with Gasteiger partial charge in [0.25, 0.3) is 0 Å².